The molecule has 0 radical (unpaired) electrons. The Kier molecular flexibility index (Phi) is 8.58. The van der Waals surface area contributed by atoms with Crippen LogP contribution in [0.1, 0.15) is 45.1 Å². The molecule has 1 amide bonds. The summed E-state index contributed by atoms with van der Waals surface area (Å²) in [4.78, 5) is 13.0. The monoisotopic (exact) mass is 441 g/mol. The SMILES string of the molecule is CC(C)(C)[Si](C)(C)OCCOC[C@@H](c1cccc(Cl)c1)C1CCCN(C(=O)O)C1. The van der Waals surface area contributed by atoms with Crippen molar-refractivity contribution in [3.63, 3.8) is 0 Å². The summed E-state index contributed by atoms with van der Waals surface area (Å²) in [5.41, 5.74) is 1.11. The van der Waals surface area contributed by atoms with Crippen LogP contribution in [0.2, 0.25) is 23.2 Å². The van der Waals surface area contributed by atoms with Crippen LogP contribution in [-0.2, 0) is 9.16 Å². The molecular weight excluding hydrogens is 406 g/mol. The summed E-state index contributed by atoms with van der Waals surface area (Å²) in [5, 5.41) is 10.3. The van der Waals surface area contributed by atoms with Crippen LogP contribution < -0.4 is 0 Å². The Morgan fingerprint density at radius 1 is 1.34 bits per heavy atom. The molecule has 1 unspecified atom stereocenters. The van der Waals surface area contributed by atoms with Crippen molar-refractivity contribution in [1.82, 2.24) is 4.90 Å². The Morgan fingerprint density at radius 2 is 2.07 bits per heavy atom. The highest BCUT2D eigenvalue weighted by Crippen LogP contribution is 2.36. The second-order valence-corrected chi connectivity index (χ2v) is 14.7. The number of halogens is 1. The predicted octanol–water partition coefficient (Wildman–Crippen LogP) is 5.85. The maximum absolute atomic E-state index is 11.4. The Hall–Kier alpha value is -1.08. The molecular formula is C22H36ClNO4Si. The normalized spacial score (nSPS) is 19.2. The van der Waals surface area contributed by atoms with Gasteiger partial charge in [0.15, 0.2) is 8.32 Å². The number of nitrogens with zero attached hydrogens (tertiary/aromatic N) is 1. The molecule has 1 aliphatic heterocycles. The first-order valence-corrected chi connectivity index (χ1v) is 13.7. The fraction of sp³-hybridized carbons (Fsp3) is 0.682. The summed E-state index contributed by atoms with van der Waals surface area (Å²) in [6, 6.07) is 7.84. The molecule has 2 atom stereocenters. The van der Waals surface area contributed by atoms with Gasteiger partial charge in [-0.05, 0) is 54.6 Å². The smallest absolute Gasteiger partial charge is 0.407 e. The zero-order chi connectivity index (χ0) is 21.7. The quantitative estimate of drug-likeness (QED) is 0.406. The maximum atomic E-state index is 11.4. The maximum Gasteiger partial charge on any atom is 0.407 e. The lowest BCUT2D eigenvalue weighted by Gasteiger charge is -2.37. The molecule has 0 spiro atoms. The van der Waals surface area contributed by atoms with E-state index >= 15 is 0 Å². The third-order valence-electron chi connectivity index (χ3n) is 6.37. The lowest BCUT2D eigenvalue weighted by Crippen LogP contribution is -2.42. The van der Waals surface area contributed by atoms with Crippen LogP contribution in [0.25, 0.3) is 0 Å². The van der Waals surface area contributed by atoms with Crippen molar-refractivity contribution >= 4 is 26.0 Å². The van der Waals surface area contributed by atoms with Crippen LogP contribution in [0, 0.1) is 5.92 Å². The first-order chi connectivity index (χ1) is 13.5. The van der Waals surface area contributed by atoms with E-state index in [9.17, 15) is 9.90 Å². The number of carbonyl (C=O) groups is 1. The lowest BCUT2D eigenvalue weighted by molar-refractivity contribution is 0.0579. The van der Waals surface area contributed by atoms with Gasteiger partial charge in [-0.1, -0.05) is 44.5 Å². The van der Waals surface area contributed by atoms with E-state index in [4.69, 9.17) is 20.8 Å². The standard InChI is InChI=1S/C22H36ClNO4Si/c1-22(2,3)29(4,5)28-13-12-27-16-20(17-8-6-10-19(23)14-17)18-9-7-11-24(15-18)21(25)26/h6,8,10,14,18,20H,7,9,11-13,15-16H2,1-5H3,(H,25,26)/t18?,20-/m0/s1. The average molecular weight is 442 g/mol. The number of hydrogen-bond acceptors (Lipinski definition) is 3. The van der Waals surface area contributed by atoms with E-state index < -0.39 is 14.4 Å². The number of benzene rings is 1. The Morgan fingerprint density at radius 3 is 2.69 bits per heavy atom. The Labute approximate surface area is 181 Å². The van der Waals surface area contributed by atoms with Crippen LogP contribution in [0.5, 0.6) is 0 Å². The van der Waals surface area contributed by atoms with Gasteiger partial charge in [-0.3, -0.25) is 0 Å². The van der Waals surface area contributed by atoms with Crippen molar-refractivity contribution in [2.75, 3.05) is 32.9 Å². The van der Waals surface area contributed by atoms with Gasteiger partial charge in [0.25, 0.3) is 0 Å². The molecule has 0 aliphatic carbocycles. The first kappa shape index (κ1) is 24.2. The average Bonchev–Trinajstić information content (AvgIpc) is 2.63. The zero-order valence-electron chi connectivity index (χ0n) is 18.4. The van der Waals surface area contributed by atoms with Crippen LogP contribution in [-0.4, -0.2) is 57.3 Å². The third kappa shape index (κ3) is 6.98. The minimum Gasteiger partial charge on any atom is -0.465 e. The Bertz CT molecular complexity index is 677. The van der Waals surface area contributed by atoms with Crippen molar-refractivity contribution in [2.24, 2.45) is 5.92 Å². The molecule has 164 valence electrons. The topological polar surface area (TPSA) is 59.0 Å². The fourth-order valence-corrected chi connectivity index (χ4v) is 4.76. The molecule has 1 N–H and O–H groups in total. The number of carboxylic acid groups (broad SMARTS) is 1. The number of hydrogen-bond donors (Lipinski definition) is 1. The van der Waals surface area contributed by atoms with Gasteiger partial charge in [0, 0.05) is 24.0 Å². The van der Waals surface area contributed by atoms with Crippen molar-refractivity contribution < 1.29 is 19.1 Å². The molecule has 1 fully saturated rings. The second kappa shape index (κ2) is 10.3. The highest BCUT2D eigenvalue weighted by molar-refractivity contribution is 6.74. The van der Waals surface area contributed by atoms with Crippen LogP contribution in [0.3, 0.4) is 0 Å². The van der Waals surface area contributed by atoms with Gasteiger partial charge in [-0.25, -0.2) is 4.79 Å². The minimum atomic E-state index is -1.78. The molecule has 1 aromatic carbocycles. The predicted molar refractivity (Wildman–Crippen MR) is 120 cm³/mol. The molecule has 1 aromatic rings. The number of ether oxygens (including phenoxy) is 1. The molecule has 29 heavy (non-hydrogen) atoms. The van der Waals surface area contributed by atoms with Crippen molar-refractivity contribution in [2.45, 2.75) is 57.7 Å². The fourth-order valence-electron chi connectivity index (χ4n) is 3.54. The number of piperidine rings is 1. The second-order valence-electron chi connectivity index (χ2n) is 9.48. The van der Waals surface area contributed by atoms with Crippen molar-refractivity contribution in [3.8, 4) is 0 Å². The van der Waals surface area contributed by atoms with Gasteiger partial charge in [-0.15, -0.1) is 0 Å². The van der Waals surface area contributed by atoms with E-state index in [0.29, 0.717) is 37.9 Å². The van der Waals surface area contributed by atoms with Gasteiger partial charge in [-0.2, -0.15) is 0 Å². The molecule has 1 saturated heterocycles. The van der Waals surface area contributed by atoms with Crippen LogP contribution in [0.15, 0.2) is 24.3 Å². The minimum absolute atomic E-state index is 0.115. The first-order valence-electron chi connectivity index (χ1n) is 10.5. The molecule has 0 saturated carbocycles. The molecule has 0 bridgehead atoms. The van der Waals surface area contributed by atoms with Gasteiger partial charge in [0.05, 0.1) is 19.8 Å². The van der Waals surface area contributed by atoms with E-state index in [2.05, 4.69) is 39.9 Å². The summed E-state index contributed by atoms with van der Waals surface area (Å²) >= 11 is 6.22. The van der Waals surface area contributed by atoms with E-state index in [1.807, 2.05) is 18.2 Å². The molecule has 2 rings (SSSR count). The van der Waals surface area contributed by atoms with Gasteiger partial charge < -0.3 is 19.2 Å². The third-order valence-corrected chi connectivity index (χ3v) is 11.1. The van der Waals surface area contributed by atoms with Crippen LogP contribution >= 0.6 is 11.6 Å². The number of rotatable bonds is 8. The van der Waals surface area contributed by atoms with Crippen molar-refractivity contribution in [3.05, 3.63) is 34.9 Å². The van der Waals surface area contributed by atoms with Gasteiger partial charge >= 0.3 is 6.09 Å². The number of likely N-dealkylation sites (tertiary alicyclic amines) is 1. The zero-order valence-corrected chi connectivity index (χ0v) is 20.2. The number of amides is 1. The summed E-state index contributed by atoms with van der Waals surface area (Å²) < 4.78 is 12.2. The highest BCUT2D eigenvalue weighted by atomic mass is 35.5. The van der Waals surface area contributed by atoms with Gasteiger partial charge in [0.2, 0.25) is 0 Å². The molecule has 0 aromatic heterocycles. The summed E-state index contributed by atoms with van der Waals surface area (Å²) in [7, 11) is -1.78. The van der Waals surface area contributed by atoms with E-state index in [0.717, 1.165) is 18.4 Å². The highest BCUT2D eigenvalue weighted by Gasteiger charge is 2.37. The Balaban J connectivity index is 1.99. The van der Waals surface area contributed by atoms with E-state index in [1.165, 1.54) is 4.90 Å². The van der Waals surface area contributed by atoms with E-state index in [-0.39, 0.29) is 16.9 Å². The molecule has 5 nitrogen and oxygen atoms in total. The van der Waals surface area contributed by atoms with Crippen LogP contribution in [0.4, 0.5) is 4.79 Å². The van der Waals surface area contributed by atoms with Crippen molar-refractivity contribution in [1.29, 1.82) is 0 Å². The van der Waals surface area contributed by atoms with E-state index in [1.54, 1.807) is 0 Å². The molecule has 1 heterocycles. The molecule has 1 aliphatic rings. The lowest BCUT2D eigenvalue weighted by atomic mass is 9.81. The van der Waals surface area contributed by atoms with Gasteiger partial charge in [0.1, 0.15) is 0 Å². The summed E-state index contributed by atoms with van der Waals surface area (Å²) in [6.07, 6.45) is 1.02. The molecule has 7 heteroatoms. The largest absolute Gasteiger partial charge is 0.465 e. The summed E-state index contributed by atoms with van der Waals surface area (Å²) in [6.45, 7) is 14.0. The summed E-state index contributed by atoms with van der Waals surface area (Å²) in [5.74, 6) is 0.336.